The number of anilines is 1. The third-order valence-electron chi connectivity index (χ3n) is 2.44. The van der Waals surface area contributed by atoms with Gasteiger partial charge in [-0.1, -0.05) is 6.08 Å². The van der Waals surface area contributed by atoms with Crippen LogP contribution in [0.4, 0.5) is 5.95 Å². The average Bonchev–Trinajstić information content (AvgIpc) is 3.10. The van der Waals surface area contributed by atoms with Crippen molar-refractivity contribution in [1.29, 1.82) is 0 Å². The lowest BCUT2D eigenvalue weighted by atomic mass is 10.4. The smallest absolute Gasteiger partial charge is 0.225 e. The van der Waals surface area contributed by atoms with Gasteiger partial charge in [0.05, 0.1) is 6.61 Å². The van der Waals surface area contributed by atoms with E-state index in [-0.39, 0.29) is 6.61 Å². The predicted octanol–water partition coefficient (Wildman–Crippen LogP) is 1.12. The standard InChI is InChI=1S/C11H15N3O/c1-2-5-14(10-3-4-10)11-12-6-9(8-15)7-13-11/h2,6-7,10,15H,1,3-5,8H2. The molecule has 15 heavy (non-hydrogen) atoms. The number of hydrogen-bond acceptors (Lipinski definition) is 4. The lowest BCUT2D eigenvalue weighted by Crippen LogP contribution is -2.27. The Morgan fingerprint density at radius 3 is 2.60 bits per heavy atom. The monoisotopic (exact) mass is 205 g/mol. The molecule has 0 spiro atoms. The molecule has 1 aromatic heterocycles. The van der Waals surface area contributed by atoms with Gasteiger partial charge in [-0.2, -0.15) is 0 Å². The van der Waals surface area contributed by atoms with Crippen molar-refractivity contribution in [3.05, 3.63) is 30.6 Å². The van der Waals surface area contributed by atoms with Gasteiger partial charge in [0, 0.05) is 30.5 Å². The third-order valence-corrected chi connectivity index (χ3v) is 2.44. The zero-order chi connectivity index (χ0) is 10.7. The minimum absolute atomic E-state index is 0.00876. The summed E-state index contributed by atoms with van der Waals surface area (Å²) >= 11 is 0. The topological polar surface area (TPSA) is 49.2 Å². The Balaban J connectivity index is 2.14. The van der Waals surface area contributed by atoms with Crippen LogP contribution in [-0.2, 0) is 6.61 Å². The molecule has 1 N–H and O–H groups in total. The normalized spacial score (nSPS) is 15.0. The maximum atomic E-state index is 8.88. The van der Waals surface area contributed by atoms with Crippen molar-refractivity contribution in [2.45, 2.75) is 25.5 Å². The van der Waals surface area contributed by atoms with Gasteiger partial charge in [0.25, 0.3) is 0 Å². The minimum Gasteiger partial charge on any atom is -0.392 e. The molecule has 0 amide bonds. The van der Waals surface area contributed by atoms with Crippen molar-refractivity contribution >= 4 is 5.95 Å². The Kier molecular flexibility index (Phi) is 2.97. The molecule has 1 aliphatic carbocycles. The van der Waals surface area contributed by atoms with Crippen LogP contribution < -0.4 is 4.90 Å². The number of nitrogens with zero attached hydrogens (tertiary/aromatic N) is 3. The summed E-state index contributed by atoms with van der Waals surface area (Å²) in [6, 6.07) is 0.572. The van der Waals surface area contributed by atoms with E-state index >= 15 is 0 Å². The summed E-state index contributed by atoms with van der Waals surface area (Å²) < 4.78 is 0. The molecule has 2 rings (SSSR count). The molecule has 1 heterocycles. The molecule has 0 unspecified atom stereocenters. The molecule has 0 aromatic carbocycles. The van der Waals surface area contributed by atoms with E-state index in [2.05, 4.69) is 21.4 Å². The number of aliphatic hydroxyl groups is 1. The summed E-state index contributed by atoms with van der Waals surface area (Å²) in [5, 5.41) is 8.88. The van der Waals surface area contributed by atoms with E-state index in [1.54, 1.807) is 12.4 Å². The van der Waals surface area contributed by atoms with E-state index < -0.39 is 0 Å². The van der Waals surface area contributed by atoms with Crippen molar-refractivity contribution in [2.24, 2.45) is 0 Å². The summed E-state index contributed by atoms with van der Waals surface area (Å²) in [4.78, 5) is 10.6. The second-order valence-corrected chi connectivity index (χ2v) is 3.72. The second kappa shape index (κ2) is 4.40. The van der Waals surface area contributed by atoms with Gasteiger partial charge in [-0.25, -0.2) is 9.97 Å². The Morgan fingerprint density at radius 1 is 1.47 bits per heavy atom. The maximum Gasteiger partial charge on any atom is 0.225 e. The first kappa shape index (κ1) is 10.1. The van der Waals surface area contributed by atoms with Crippen LogP contribution in [0.25, 0.3) is 0 Å². The highest BCUT2D eigenvalue weighted by Gasteiger charge is 2.29. The number of aromatic nitrogens is 2. The SMILES string of the molecule is C=CCN(c1ncc(CO)cn1)C1CC1. The molecule has 0 saturated heterocycles. The fraction of sp³-hybridized carbons (Fsp3) is 0.455. The van der Waals surface area contributed by atoms with Crippen LogP contribution in [0.5, 0.6) is 0 Å². The van der Waals surface area contributed by atoms with Gasteiger partial charge >= 0.3 is 0 Å². The van der Waals surface area contributed by atoms with E-state index in [1.807, 2.05) is 6.08 Å². The highest BCUT2D eigenvalue weighted by molar-refractivity contribution is 5.35. The zero-order valence-electron chi connectivity index (χ0n) is 8.63. The van der Waals surface area contributed by atoms with Crippen molar-refractivity contribution in [2.75, 3.05) is 11.4 Å². The first-order valence-corrected chi connectivity index (χ1v) is 5.14. The Bertz CT molecular complexity index is 332. The molecule has 4 nitrogen and oxygen atoms in total. The van der Waals surface area contributed by atoms with Crippen LogP contribution in [0.1, 0.15) is 18.4 Å². The van der Waals surface area contributed by atoms with E-state index in [0.717, 1.165) is 18.1 Å². The van der Waals surface area contributed by atoms with Crippen LogP contribution in [0.3, 0.4) is 0 Å². The Labute approximate surface area is 89.3 Å². The first-order valence-electron chi connectivity index (χ1n) is 5.14. The van der Waals surface area contributed by atoms with Gasteiger partial charge in [-0.15, -0.1) is 6.58 Å². The van der Waals surface area contributed by atoms with Gasteiger partial charge < -0.3 is 10.0 Å². The lowest BCUT2D eigenvalue weighted by Gasteiger charge is -2.20. The largest absolute Gasteiger partial charge is 0.392 e. The fourth-order valence-corrected chi connectivity index (χ4v) is 1.50. The van der Waals surface area contributed by atoms with E-state index in [9.17, 15) is 0 Å². The van der Waals surface area contributed by atoms with Crippen LogP contribution in [-0.4, -0.2) is 27.7 Å². The molecule has 1 fully saturated rings. The summed E-state index contributed by atoms with van der Waals surface area (Å²) in [7, 11) is 0. The van der Waals surface area contributed by atoms with Crippen molar-refractivity contribution in [3.8, 4) is 0 Å². The highest BCUT2D eigenvalue weighted by Crippen LogP contribution is 2.29. The number of rotatable bonds is 5. The molecule has 0 atom stereocenters. The second-order valence-electron chi connectivity index (χ2n) is 3.72. The van der Waals surface area contributed by atoms with Gasteiger partial charge in [0.2, 0.25) is 5.95 Å². The van der Waals surface area contributed by atoms with Gasteiger partial charge in [-0.3, -0.25) is 0 Å². The van der Waals surface area contributed by atoms with Crippen LogP contribution in [0.15, 0.2) is 25.0 Å². The molecule has 1 aromatic rings. The van der Waals surface area contributed by atoms with Gasteiger partial charge in [-0.05, 0) is 12.8 Å². The summed E-state index contributed by atoms with van der Waals surface area (Å²) in [5.41, 5.74) is 0.744. The zero-order valence-corrected chi connectivity index (χ0v) is 8.63. The van der Waals surface area contributed by atoms with Crippen LogP contribution in [0.2, 0.25) is 0 Å². The molecule has 4 heteroatoms. The molecular weight excluding hydrogens is 190 g/mol. The molecular formula is C11H15N3O. The lowest BCUT2D eigenvalue weighted by molar-refractivity contribution is 0.281. The molecule has 1 saturated carbocycles. The minimum atomic E-state index is -0.00876. The summed E-state index contributed by atoms with van der Waals surface area (Å²) in [6.07, 6.45) is 7.61. The molecule has 0 aliphatic heterocycles. The van der Waals surface area contributed by atoms with E-state index in [0.29, 0.717) is 6.04 Å². The van der Waals surface area contributed by atoms with Gasteiger partial charge in [0.1, 0.15) is 0 Å². The predicted molar refractivity (Wildman–Crippen MR) is 58.5 cm³/mol. The van der Waals surface area contributed by atoms with E-state index in [4.69, 9.17) is 5.11 Å². The summed E-state index contributed by atoms with van der Waals surface area (Å²) in [6.45, 7) is 4.50. The van der Waals surface area contributed by atoms with Crippen LogP contribution >= 0.6 is 0 Å². The molecule has 1 aliphatic rings. The number of aliphatic hydroxyl groups excluding tert-OH is 1. The van der Waals surface area contributed by atoms with E-state index in [1.165, 1.54) is 12.8 Å². The fourth-order valence-electron chi connectivity index (χ4n) is 1.50. The number of hydrogen-bond donors (Lipinski definition) is 1. The van der Waals surface area contributed by atoms with Gasteiger partial charge in [0.15, 0.2) is 0 Å². The Morgan fingerprint density at radius 2 is 2.13 bits per heavy atom. The molecule has 0 bridgehead atoms. The average molecular weight is 205 g/mol. The maximum absolute atomic E-state index is 8.88. The van der Waals surface area contributed by atoms with Crippen LogP contribution in [0, 0.1) is 0 Å². The third kappa shape index (κ3) is 2.33. The van der Waals surface area contributed by atoms with Crippen molar-refractivity contribution in [3.63, 3.8) is 0 Å². The molecule has 80 valence electrons. The Hall–Kier alpha value is -1.42. The quantitative estimate of drug-likeness (QED) is 0.732. The van der Waals surface area contributed by atoms with Crippen molar-refractivity contribution < 1.29 is 5.11 Å². The summed E-state index contributed by atoms with van der Waals surface area (Å²) in [5.74, 6) is 0.731. The van der Waals surface area contributed by atoms with Crippen molar-refractivity contribution in [1.82, 2.24) is 9.97 Å². The highest BCUT2D eigenvalue weighted by atomic mass is 16.3. The first-order chi connectivity index (χ1) is 7.35. The molecule has 0 radical (unpaired) electrons.